The van der Waals surface area contributed by atoms with Crippen molar-refractivity contribution in [1.82, 2.24) is 0 Å². The Morgan fingerprint density at radius 2 is 2.38 bits per heavy atom. The molecule has 0 amide bonds. The van der Waals surface area contributed by atoms with Crippen molar-refractivity contribution in [2.75, 3.05) is 20.3 Å². The third kappa shape index (κ3) is 1.01. The molecule has 0 unspecified atom stereocenters. The molecule has 2 heteroatoms. The van der Waals surface area contributed by atoms with Crippen LogP contribution in [0.2, 0.25) is 0 Å². The van der Waals surface area contributed by atoms with Crippen LogP contribution in [0.5, 0.6) is 0 Å². The van der Waals surface area contributed by atoms with Crippen molar-refractivity contribution in [2.45, 2.75) is 18.9 Å². The molecule has 1 atom stereocenters. The maximum absolute atomic E-state index is 5.17. The Morgan fingerprint density at radius 1 is 1.62 bits per heavy atom. The van der Waals surface area contributed by atoms with Crippen molar-refractivity contribution in [3.8, 4) is 0 Å². The van der Waals surface area contributed by atoms with Gasteiger partial charge in [-0.2, -0.15) is 0 Å². The van der Waals surface area contributed by atoms with Gasteiger partial charge in [-0.3, -0.25) is 0 Å². The van der Waals surface area contributed by atoms with Gasteiger partial charge in [0.05, 0.1) is 12.2 Å². The van der Waals surface area contributed by atoms with E-state index < -0.39 is 0 Å². The largest absolute Gasteiger partial charge is 0.378 e. The van der Waals surface area contributed by atoms with Crippen LogP contribution in [0.25, 0.3) is 0 Å². The Morgan fingerprint density at radius 3 is 2.62 bits per heavy atom. The summed E-state index contributed by atoms with van der Waals surface area (Å²) in [6.45, 7) is 3.67. The van der Waals surface area contributed by atoms with Crippen LogP contribution in [0.3, 0.4) is 0 Å². The third-order valence-corrected chi connectivity index (χ3v) is 1.68. The number of hydrogen-bond donors (Lipinski definition) is 0. The van der Waals surface area contributed by atoms with Gasteiger partial charge in [0.25, 0.3) is 0 Å². The highest BCUT2D eigenvalue weighted by atomic mass is 16.5. The fraction of sp³-hybridized carbons (Fsp3) is 1.00. The Kier molecular flexibility index (Phi) is 1.54. The van der Waals surface area contributed by atoms with Gasteiger partial charge in [-0.25, -0.2) is 0 Å². The second-order valence-electron chi connectivity index (χ2n) is 2.46. The topological polar surface area (TPSA) is 18.5 Å². The van der Waals surface area contributed by atoms with E-state index in [0.717, 1.165) is 19.6 Å². The maximum atomic E-state index is 5.17. The molecule has 0 aromatic rings. The van der Waals surface area contributed by atoms with Crippen LogP contribution in [0.15, 0.2) is 0 Å². The minimum absolute atomic E-state index is 0.0139. The van der Waals surface area contributed by atoms with Crippen LogP contribution >= 0.6 is 0 Å². The fourth-order valence-electron chi connectivity index (χ4n) is 0.809. The zero-order chi connectivity index (χ0) is 6.04. The van der Waals surface area contributed by atoms with Gasteiger partial charge >= 0.3 is 0 Å². The molecule has 48 valence electrons. The van der Waals surface area contributed by atoms with Crippen LogP contribution in [0.1, 0.15) is 13.3 Å². The third-order valence-electron chi connectivity index (χ3n) is 1.68. The summed E-state index contributed by atoms with van der Waals surface area (Å²) in [6, 6.07) is 0. The van der Waals surface area contributed by atoms with Crippen molar-refractivity contribution in [3.63, 3.8) is 0 Å². The fourth-order valence-corrected chi connectivity index (χ4v) is 0.809. The lowest BCUT2D eigenvalue weighted by Gasteiger charge is -2.18. The minimum atomic E-state index is 0.0139. The molecular formula is C6H12O2. The number of methoxy groups -OCH3 is 1. The highest BCUT2D eigenvalue weighted by Crippen LogP contribution is 2.20. The first-order chi connectivity index (χ1) is 3.77. The van der Waals surface area contributed by atoms with E-state index in [0.29, 0.717) is 0 Å². The smallest absolute Gasteiger partial charge is 0.0905 e. The summed E-state index contributed by atoms with van der Waals surface area (Å²) in [5.41, 5.74) is 0.0139. The van der Waals surface area contributed by atoms with Crippen molar-refractivity contribution >= 4 is 0 Å². The van der Waals surface area contributed by atoms with E-state index >= 15 is 0 Å². The second-order valence-corrected chi connectivity index (χ2v) is 2.46. The Labute approximate surface area is 49.8 Å². The Hall–Kier alpha value is -0.0800. The minimum Gasteiger partial charge on any atom is -0.378 e. The zero-order valence-corrected chi connectivity index (χ0v) is 5.44. The van der Waals surface area contributed by atoms with Crippen LogP contribution in [-0.4, -0.2) is 25.9 Å². The van der Waals surface area contributed by atoms with Crippen LogP contribution < -0.4 is 0 Å². The Bertz CT molecular complexity index is 74.6. The van der Waals surface area contributed by atoms with Gasteiger partial charge in [0, 0.05) is 20.1 Å². The quantitative estimate of drug-likeness (QED) is 0.504. The maximum Gasteiger partial charge on any atom is 0.0905 e. The molecule has 8 heavy (non-hydrogen) atoms. The predicted octanol–water partition coefficient (Wildman–Crippen LogP) is 0.812. The molecule has 0 aliphatic carbocycles. The van der Waals surface area contributed by atoms with E-state index in [1.807, 2.05) is 0 Å². The molecule has 1 aliphatic heterocycles. The molecular weight excluding hydrogens is 104 g/mol. The van der Waals surface area contributed by atoms with Crippen molar-refractivity contribution in [2.24, 2.45) is 0 Å². The van der Waals surface area contributed by atoms with E-state index in [2.05, 4.69) is 6.92 Å². The van der Waals surface area contributed by atoms with E-state index in [1.165, 1.54) is 0 Å². The van der Waals surface area contributed by atoms with E-state index in [-0.39, 0.29) is 5.60 Å². The zero-order valence-electron chi connectivity index (χ0n) is 5.44. The molecule has 1 heterocycles. The van der Waals surface area contributed by atoms with E-state index in [1.54, 1.807) is 7.11 Å². The molecule has 0 spiro atoms. The molecule has 0 aromatic carbocycles. The molecule has 1 saturated heterocycles. The van der Waals surface area contributed by atoms with Crippen molar-refractivity contribution < 1.29 is 9.47 Å². The average Bonchev–Trinajstić information content (AvgIpc) is 2.17. The second kappa shape index (κ2) is 2.03. The van der Waals surface area contributed by atoms with Gasteiger partial charge in [0.15, 0.2) is 0 Å². The van der Waals surface area contributed by atoms with Crippen molar-refractivity contribution in [1.29, 1.82) is 0 Å². The first-order valence-corrected chi connectivity index (χ1v) is 2.90. The molecule has 1 aliphatic rings. The highest BCUT2D eigenvalue weighted by molar-refractivity contribution is 4.78. The van der Waals surface area contributed by atoms with Crippen LogP contribution in [0.4, 0.5) is 0 Å². The Balaban J connectivity index is 2.40. The standard InChI is InChI=1S/C6H12O2/c1-6(7-2)3-4-8-5-6/h3-5H2,1-2H3/t6-/m1/s1. The average molecular weight is 116 g/mol. The SMILES string of the molecule is CO[C@]1(C)CCOC1. The molecule has 0 bridgehead atoms. The summed E-state index contributed by atoms with van der Waals surface area (Å²) in [4.78, 5) is 0. The lowest BCUT2D eigenvalue weighted by atomic mass is 10.1. The van der Waals surface area contributed by atoms with Gasteiger partial charge in [-0.15, -0.1) is 0 Å². The van der Waals surface area contributed by atoms with Crippen LogP contribution in [0, 0.1) is 0 Å². The van der Waals surface area contributed by atoms with Gasteiger partial charge < -0.3 is 9.47 Å². The first kappa shape index (κ1) is 6.05. The first-order valence-electron chi connectivity index (χ1n) is 2.90. The molecule has 0 aromatic heterocycles. The van der Waals surface area contributed by atoms with Crippen LogP contribution in [-0.2, 0) is 9.47 Å². The summed E-state index contributed by atoms with van der Waals surface area (Å²) >= 11 is 0. The van der Waals surface area contributed by atoms with E-state index in [9.17, 15) is 0 Å². The summed E-state index contributed by atoms with van der Waals surface area (Å²) in [7, 11) is 1.73. The molecule has 1 fully saturated rings. The molecule has 0 N–H and O–H groups in total. The van der Waals surface area contributed by atoms with Gasteiger partial charge in [-0.1, -0.05) is 0 Å². The van der Waals surface area contributed by atoms with E-state index in [4.69, 9.17) is 9.47 Å². The van der Waals surface area contributed by atoms with Gasteiger partial charge in [0.1, 0.15) is 0 Å². The summed E-state index contributed by atoms with van der Waals surface area (Å²) < 4.78 is 10.3. The molecule has 2 nitrogen and oxygen atoms in total. The van der Waals surface area contributed by atoms with Gasteiger partial charge in [0.2, 0.25) is 0 Å². The predicted molar refractivity (Wildman–Crippen MR) is 30.8 cm³/mol. The summed E-state index contributed by atoms with van der Waals surface area (Å²) in [6.07, 6.45) is 1.03. The highest BCUT2D eigenvalue weighted by Gasteiger charge is 2.28. The number of ether oxygens (including phenoxy) is 2. The molecule has 0 radical (unpaired) electrons. The van der Waals surface area contributed by atoms with Crippen molar-refractivity contribution in [3.05, 3.63) is 0 Å². The molecule has 1 rings (SSSR count). The summed E-state index contributed by atoms with van der Waals surface area (Å²) in [5, 5.41) is 0. The number of rotatable bonds is 1. The number of hydrogen-bond acceptors (Lipinski definition) is 2. The molecule has 0 saturated carbocycles. The monoisotopic (exact) mass is 116 g/mol. The van der Waals surface area contributed by atoms with Gasteiger partial charge in [-0.05, 0) is 6.92 Å². The lowest BCUT2D eigenvalue weighted by Crippen LogP contribution is -2.26. The lowest BCUT2D eigenvalue weighted by molar-refractivity contribution is -0.00160. The normalized spacial score (nSPS) is 38.2. The summed E-state index contributed by atoms with van der Waals surface area (Å²) in [5.74, 6) is 0.